The summed E-state index contributed by atoms with van der Waals surface area (Å²) in [6, 6.07) is 10.4. The lowest BCUT2D eigenvalue weighted by molar-refractivity contribution is -0.0261. The van der Waals surface area contributed by atoms with Gasteiger partial charge in [-0.1, -0.05) is 20.8 Å². The molecule has 158 valence electrons. The molecule has 1 aliphatic carbocycles. The first-order valence-corrected chi connectivity index (χ1v) is 11.0. The summed E-state index contributed by atoms with van der Waals surface area (Å²) >= 11 is 0. The number of piperidine rings is 1. The Morgan fingerprint density at radius 2 is 1.97 bits per heavy atom. The molecule has 2 aromatic carbocycles. The number of carbonyl (C=O) groups excluding carboxylic acids is 1. The van der Waals surface area contributed by atoms with Crippen LogP contribution < -0.4 is 0 Å². The minimum absolute atomic E-state index is 0.00357. The molecule has 2 aromatic heterocycles. The minimum Gasteiger partial charge on any atom is -0.345 e. The van der Waals surface area contributed by atoms with Gasteiger partial charge in [-0.25, -0.2) is 9.97 Å². The molecule has 6 rings (SSSR count). The number of aryl methyl sites for hydroxylation is 1. The van der Waals surface area contributed by atoms with E-state index in [2.05, 4.69) is 57.7 Å². The molecule has 0 radical (unpaired) electrons. The molecular weight excluding hydrogens is 386 g/mol. The van der Waals surface area contributed by atoms with Crippen LogP contribution in [0.3, 0.4) is 0 Å². The van der Waals surface area contributed by atoms with E-state index < -0.39 is 0 Å². The number of amides is 1. The molecule has 4 aromatic rings. The molecule has 2 atom stereocenters. The molecule has 6 nitrogen and oxygen atoms in total. The summed E-state index contributed by atoms with van der Waals surface area (Å²) in [7, 11) is 0. The number of aromatic amines is 2. The summed E-state index contributed by atoms with van der Waals surface area (Å²) in [4.78, 5) is 31.2. The van der Waals surface area contributed by atoms with Crippen LogP contribution in [-0.4, -0.2) is 43.3 Å². The quantitative estimate of drug-likeness (QED) is 0.482. The number of fused-ring (bicyclic) bond motifs is 6. The van der Waals surface area contributed by atoms with Crippen LogP contribution >= 0.6 is 0 Å². The molecule has 6 heteroatoms. The van der Waals surface area contributed by atoms with E-state index in [0.717, 1.165) is 52.8 Å². The monoisotopic (exact) mass is 413 g/mol. The number of hydrogen-bond acceptors (Lipinski definition) is 3. The van der Waals surface area contributed by atoms with Crippen molar-refractivity contribution in [2.24, 2.45) is 5.41 Å². The summed E-state index contributed by atoms with van der Waals surface area (Å²) in [5.41, 5.74) is 7.32. The Kier molecular flexibility index (Phi) is 3.58. The highest BCUT2D eigenvalue weighted by atomic mass is 16.2. The molecule has 1 amide bonds. The molecule has 2 unspecified atom stereocenters. The van der Waals surface area contributed by atoms with E-state index in [0.29, 0.717) is 0 Å². The smallest absolute Gasteiger partial charge is 0.254 e. The van der Waals surface area contributed by atoms with Crippen LogP contribution in [0.2, 0.25) is 0 Å². The number of carbonyl (C=O) groups is 1. The Morgan fingerprint density at radius 1 is 1.13 bits per heavy atom. The molecule has 3 heterocycles. The van der Waals surface area contributed by atoms with E-state index in [1.807, 2.05) is 25.1 Å². The second-order valence-corrected chi connectivity index (χ2v) is 10.0. The van der Waals surface area contributed by atoms with Crippen molar-refractivity contribution in [3.8, 4) is 0 Å². The number of nitrogens with zero attached hydrogens (tertiary/aromatic N) is 3. The SMILES string of the molecule is Cc1nc2cc3c(cc2[nH]1)CC1N(C(=O)c2ccc4nc[nH]c4c2)CCC3(C)C1(C)C. The summed E-state index contributed by atoms with van der Waals surface area (Å²) in [5, 5.41) is 0. The maximum atomic E-state index is 13.7. The van der Waals surface area contributed by atoms with Gasteiger partial charge in [0.1, 0.15) is 5.82 Å². The van der Waals surface area contributed by atoms with E-state index in [4.69, 9.17) is 0 Å². The molecule has 2 bridgehead atoms. The van der Waals surface area contributed by atoms with Gasteiger partial charge in [0.25, 0.3) is 5.91 Å². The number of imidazole rings is 2. The van der Waals surface area contributed by atoms with E-state index in [-0.39, 0.29) is 22.8 Å². The Balaban J connectivity index is 1.45. The molecule has 31 heavy (non-hydrogen) atoms. The molecule has 2 aliphatic rings. The van der Waals surface area contributed by atoms with Crippen LogP contribution in [0.1, 0.15) is 54.5 Å². The van der Waals surface area contributed by atoms with Crippen LogP contribution in [0.15, 0.2) is 36.7 Å². The normalized spacial score (nSPS) is 24.5. The first kappa shape index (κ1) is 18.6. The number of likely N-dealkylation sites (tertiary alicyclic amines) is 1. The largest absolute Gasteiger partial charge is 0.345 e. The number of rotatable bonds is 1. The van der Waals surface area contributed by atoms with Crippen molar-refractivity contribution in [3.63, 3.8) is 0 Å². The van der Waals surface area contributed by atoms with Crippen molar-refractivity contribution in [1.82, 2.24) is 24.8 Å². The standard InChI is InChI=1S/C25H27N5O/c1-14-28-20-10-16-11-22-24(2,3)25(4,17(16)12-21(20)29-14)7-8-30(22)23(31)15-5-6-18-19(9-15)27-13-26-18/h5-6,9-10,12-13,22H,7-8,11H2,1-4H3,(H,26,27)(H,28,29). The zero-order valence-electron chi connectivity index (χ0n) is 18.4. The maximum absolute atomic E-state index is 13.7. The van der Waals surface area contributed by atoms with Gasteiger partial charge in [0.15, 0.2) is 0 Å². The highest BCUT2D eigenvalue weighted by Gasteiger charge is 2.57. The number of benzene rings is 2. The fourth-order valence-corrected chi connectivity index (χ4v) is 6.02. The van der Waals surface area contributed by atoms with Crippen LogP contribution in [0.4, 0.5) is 0 Å². The van der Waals surface area contributed by atoms with Gasteiger partial charge in [-0.3, -0.25) is 4.79 Å². The fourth-order valence-electron chi connectivity index (χ4n) is 6.02. The van der Waals surface area contributed by atoms with Crippen LogP contribution in [0.25, 0.3) is 22.1 Å². The van der Waals surface area contributed by atoms with Gasteiger partial charge < -0.3 is 14.9 Å². The average molecular weight is 414 g/mol. The van der Waals surface area contributed by atoms with Gasteiger partial charge in [-0.15, -0.1) is 0 Å². The van der Waals surface area contributed by atoms with Crippen LogP contribution in [0, 0.1) is 12.3 Å². The molecule has 1 aliphatic heterocycles. The predicted octanol–water partition coefficient (Wildman–Crippen LogP) is 4.50. The number of aromatic nitrogens is 4. The van der Waals surface area contributed by atoms with Crippen molar-refractivity contribution in [2.75, 3.05) is 6.54 Å². The Morgan fingerprint density at radius 3 is 2.81 bits per heavy atom. The van der Waals surface area contributed by atoms with Crippen LogP contribution in [0.5, 0.6) is 0 Å². The lowest BCUT2D eigenvalue weighted by atomic mass is 9.51. The third-order valence-corrected chi connectivity index (χ3v) is 8.25. The van der Waals surface area contributed by atoms with E-state index >= 15 is 0 Å². The minimum atomic E-state index is -0.0506. The zero-order chi connectivity index (χ0) is 21.5. The highest BCUT2D eigenvalue weighted by Crippen LogP contribution is 2.56. The first-order valence-electron chi connectivity index (χ1n) is 11.0. The Hall–Kier alpha value is -3.15. The molecule has 1 saturated heterocycles. The van der Waals surface area contributed by atoms with Crippen molar-refractivity contribution in [3.05, 3.63) is 59.2 Å². The number of hydrogen-bond donors (Lipinski definition) is 2. The molecule has 1 fully saturated rings. The van der Waals surface area contributed by atoms with E-state index in [1.54, 1.807) is 6.33 Å². The average Bonchev–Trinajstić information content (AvgIpc) is 3.33. The third kappa shape index (κ3) is 2.42. The van der Waals surface area contributed by atoms with Crippen molar-refractivity contribution >= 4 is 28.0 Å². The summed E-state index contributed by atoms with van der Waals surface area (Å²) in [6.45, 7) is 9.81. The lowest BCUT2D eigenvalue weighted by Gasteiger charge is -2.60. The topological polar surface area (TPSA) is 77.7 Å². The third-order valence-electron chi connectivity index (χ3n) is 8.25. The molecular formula is C25H27N5O. The summed E-state index contributed by atoms with van der Waals surface area (Å²) in [5.74, 6) is 1.05. The van der Waals surface area contributed by atoms with Gasteiger partial charge in [0.05, 0.1) is 28.4 Å². The first-order chi connectivity index (χ1) is 14.8. The van der Waals surface area contributed by atoms with Gasteiger partial charge in [-0.2, -0.15) is 0 Å². The lowest BCUT2D eigenvalue weighted by Crippen LogP contribution is -2.64. The summed E-state index contributed by atoms with van der Waals surface area (Å²) < 4.78 is 0. The summed E-state index contributed by atoms with van der Waals surface area (Å²) in [6.07, 6.45) is 3.48. The highest BCUT2D eigenvalue weighted by molar-refractivity contribution is 5.97. The van der Waals surface area contributed by atoms with Gasteiger partial charge in [0.2, 0.25) is 0 Å². The zero-order valence-corrected chi connectivity index (χ0v) is 18.4. The predicted molar refractivity (Wildman–Crippen MR) is 121 cm³/mol. The van der Waals surface area contributed by atoms with Crippen molar-refractivity contribution < 1.29 is 4.79 Å². The van der Waals surface area contributed by atoms with Gasteiger partial charge in [-0.05, 0) is 66.6 Å². The molecule has 0 saturated carbocycles. The second-order valence-electron chi connectivity index (χ2n) is 10.0. The van der Waals surface area contributed by atoms with Gasteiger partial charge in [0, 0.05) is 23.6 Å². The van der Waals surface area contributed by atoms with Crippen LogP contribution in [-0.2, 0) is 11.8 Å². The second kappa shape index (κ2) is 5.96. The Bertz CT molecular complexity index is 1360. The fraction of sp³-hybridized carbons (Fsp3) is 0.400. The van der Waals surface area contributed by atoms with E-state index in [1.165, 1.54) is 11.1 Å². The van der Waals surface area contributed by atoms with Crippen molar-refractivity contribution in [2.45, 2.75) is 52.0 Å². The maximum Gasteiger partial charge on any atom is 0.254 e. The number of H-pyrrole nitrogens is 2. The number of nitrogens with one attached hydrogen (secondary N) is 2. The molecule has 2 N–H and O–H groups in total. The molecule has 0 spiro atoms. The van der Waals surface area contributed by atoms with Crippen molar-refractivity contribution in [1.29, 1.82) is 0 Å². The Labute approximate surface area is 181 Å². The van der Waals surface area contributed by atoms with Gasteiger partial charge >= 0.3 is 0 Å². The van der Waals surface area contributed by atoms with E-state index in [9.17, 15) is 4.79 Å².